The third-order valence-corrected chi connectivity index (χ3v) is 12.2. The first-order chi connectivity index (χ1) is 10.8. The number of aliphatic hydroxyl groups excluding tert-OH is 2. The molecule has 5 nitrogen and oxygen atoms in total. The Kier molecular flexibility index (Phi) is 8.39. The molecule has 0 heterocycles. The summed E-state index contributed by atoms with van der Waals surface area (Å²) < 4.78 is 30.7. The van der Waals surface area contributed by atoms with Gasteiger partial charge in [-0.2, -0.15) is 0 Å². The summed E-state index contributed by atoms with van der Waals surface area (Å²) in [4.78, 5) is 0. The van der Waals surface area contributed by atoms with Crippen LogP contribution in [0.1, 0.15) is 61.8 Å². The van der Waals surface area contributed by atoms with E-state index >= 15 is 0 Å². The van der Waals surface area contributed by atoms with E-state index in [9.17, 15) is 18.6 Å². The fraction of sp³-hybridized carbons (Fsp3) is 1.00. The number of aliphatic hydroxyl groups is 2. The Labute approximate surface area is 156 Å². The van der Waals surface area contributed by atoms with E-state index in [0.717, 1.165) is 0 Å². The number of hydrogen-bond acceptors (Lipinski definition) is 5. The van der Waals surface area contributed by atoms with E-state index in [1.807, 2.05) is 26.9 Å². The summed E-state index contributed by atoms with van der Waals surface area (Å²) in [5, 5.41) is 20.9. The minimum absolute atomic E-state index is 0.126. The van der Waals surface area contributed by atoms with Gasteiger partial charge in [0.25, 0.3) is 0 Å². The van der Waals surface area contributed by atoms with E-state index in [0.29, 0.717) is 6.42 Å². The predicted octanol–water partition coefficient (Wildman–Crippen LogP) is 3.36. The van der Waals surface area contributed by atoms with Crippen molar-refractivity contribution in [3.63, 3.8) is 0 Å². The highest BCUT2D eigenvalue weighted by Crippen LogP contribution is 2.38. The number of sulfone groups is 1. The lowest BCUT2D eigenvalue weighted by Crippen LogP contribution is -2.53. The van der Waals surface area contributed by atoms with Gasteiger partial charge >= 0.3 is 0 Å². The van der Waals surface area contributed by atoms with Crippen molar-refractivity contribution in [2.75, 3.05) is 5.75 Å². The fourth-order valence-corrected chi connectivity index (χ4v) is 4.75. The minimum Gasteiger partial charge on any atom is -0.410 e. The molecule has 0 aliphatic heterocycles. The van der Waals surface area contributed by atoms with Gasteiger partial charge < -0.3 is 14.6 Å². The highest BCUT2D eigenvalue weighted by Gasteiger charge is 2.44. The van der Waals surface area contributed by atoms with Crippen LogP contribution in [0.15, 0.2) is 0 Å². The molecule has 7 heteroatoms. The largest absolute Gasteiger partial charge is 0.410 e. The monoisotopic (exact) mass is 396 g/mol. The lowest BCUT2D eigenvalue weighted by atomic mass is 9.99. The summed E-state index contributed by atoms with van der Waals surface area (Å²) in [5.41, 5.74) is 0. The van der Waals surface area contributed by atoms with E-state index in [-0.39, 0.29) is 16.7 Å². The van der Waals surface area contributed by atoms with Gasteiger partial charge in [-0.15, -0.1) is 0 Å². The second-order valence-corrected chi connectivity index (χ2v) is 17.5. The van der Waals surface area contributed by atoms with Crippen molar-refractivity contribution >= 4 is 18.2 Å². The Balaban J connectivity index is 5.68. The Morgan fingerprint density at radius 2 is 1.44 bits per heavy atom. The van der Waals surface area contributed by atoms with Gasteiger partial charge in [-0.3, -0.25) is 0 Å². The van der Waals surface area contributed by atoms with Crippen molar-refractivity contribution < 1.29 is 23.1 Å². The molecule has 0 aromatic heterocycles. The summed E-state index contributed by atoms with van der Waals surface area (Å²) in [6.07, 6.45) is -2.77. The van der Waals surface area contributed by atoms with Crippen LogP contribution in [-0.4, -0.2) is 55.8 Å². The van der Waals surface area contributed by atoms with Gasteiger partial charge in [-0.05, 0) is 51.2 Å². The summed E-state index contributed by atoms with van der Waals surface area (Å²) in [5.74, 6) is -0.100. The molecule has 0 aromatic rings. The topological polar surface area (TPSA) is 83.8 Å². The normalized spacial score (nSPS) is 18.3. The molecule has 0 saturated carbocycles. The molecule has 0 radical (unpaired) electrons. The maximum absolute atomic E-state index is 12.7. The summed E-state index contributed by atoms with van der Waals surface area (Å²) in [6.45, 7) is 19.0. The highest BCUT2D eigenvalue weighted by molar-refractivity contribution is 7.92. The van der Waals surface area contributed by atoms with Crippen molar-refractivity contribution in [1.29, 1.82) is 0 Å². The molecule has 2 N–H and O–H groups in total. The average molecular weight is 397 g/mol. The van der Waals surface area contributed by atoms with Gasteiger partial charge in [0.1, 0.15) is 6.10 Å². The quantitative estimate of drug-likeness (QED) is 0.615. The lowest BCUT2D eigenvalue weighted by molar-refractivity contribution is -0.0524. The summed E-state index contributed by atoms with van der Waals surface area (Å²) in [7, 11) is -5.81. The van der Waals surface area contributed by atoms with E-state index in [4.69, 9.17) is 4.43 Å². The molecule has 3 atom stereocenters. The van der Waals surface area contributed by atoms with Gasteiger partial charge in [0.05, 0.1) is 22.7 Å². The zero-order chi connectivity index (χ0) is 20.4. The number of hydrogen-bond donors (Lipinski definition) is 2. The Morgan fingerprint density at radius 1 is 1.00 bits per heavy atom. The highest BCUT2D eigenvalue weighted by atomic mass is 32.2. The van der Waals surface area contributed by atoms with Crippen molar-refractivity contribution in [2.45, 2.75) is 103 Å². The van der Waals surface area contributed by atoms with Gasteiger partial charge in [0.2, 0.25) is 0 Å². The minimum atomic E-state index is -3.50. The van der Waals surface area contributed by atoms with Crippen molar-refractivity contribution in [1.82, 2.24) is 0 Å². The van der Waals surface area contributed by atoms with Crippen LogP contribution < -0.4 is 0 Å². The molecule has 152 valence electrons. The molecule has 0 aromatic carbocycles. The first kappa shape index (κ1) is 25.0. The maximum Gasteiger partial charge on any atom is 0.192 e. The molecule has 0 aliphatic rings. The Morgan fingerprint density at radius 3 is 1.76 bits per heavy atom. The van der Waals surface area contributed by atoms with Crippen LogP contribution in [0.4, 0.5) is 0 Å². The SMILES string of the molecule is CC(C)C[C@H](O)[C@H](O)[C@H](CS(=O)(=O)C(C)(C)C)O[Si](C)(C)C(C)(C)C. The predicted molar refractivity (Wildman–Crippen MR) is 107 cm³/mol. The van der Waals surface area contributed by atoms with Gasteiger partial charge in [0, 0.05) is 0 Å². The molecule has 0 rings (SSSR count). The zero-order valence-corrected chi connectivity index (χ0v) is 19.6. The third-order valence-electron chi connectivity index (χ3n) is 5.06. The van der Waals surface area contributed by atoms with Crippen LogP contribution in [0.5, 0.6) is 0 Å². The second kappa shape index (κ2) is 8.38. The first-order valence-corrected chi connectivity index (χ1v) is 13.6. The molecule has 0 spiro atoms. The molecule has 0 aliphatic carbocycles. The Bertz CT molecular complexity index is 515. The zero-order valence-electron chi connectivity index (χ0n) is 17.8. The molecule has 0 amide bonds. The van der Waals surface area contributed by atoms with E-state index in [2.05, 4.69) is 20.8 Å². The summed E-state index contributed by atoms with van der Waals surface area (Å²) >= 11 is 0. The van der Waals surface area contributed by atoms with Crippen LogP contribution >= 0.6 is 0 Å². The Hall–Kier alpha value is 0.0469. The molecular weight excluding hydrogens is 356 g/mol. The molecule has 0 bridgehead atoms. The van der Waals surface area contributed by atoms with Gasteiger partial charge in [-0.25, -0.2) is 8.42 Å². The standard InChI is InChI=1S/C18H40O5SSi/c1-13(2)11-14(19)16(20)15(12-24(21,22)17(3,4)5)23-25(9,10)18(6,7)8/h13-16,19-20H,11-12H2,1-10H3/t14-,15-,16-/m0/s1. The van der Waals surface area contributed by atoms with Crippen molar-refractivity contribution in [3.05, 3.63) is 0 Å². The van der Waals surface area contributed by atoms with Gasteiger partial charge in [0.15, 0.2) is 18.2 Å². The smallest absolute Gasteiger partial charge is 0.192 e. The first-order valence-electron chi connectivity index (χ1n) is 9.08. The van der Waals surface area contributed by atoms with Gasteiger partial charge in [-0.1, -0.05) is 34.6 Å². The molecule has 25 heavy (non-hydrogen) atoms. The van der Waals surface area contributed by atoms with E-state index in [1.54, 1.807) is 20.8 Å². The van der Waals surface area contributed by atoms with E-state index < -0.39 is 41.2 Å². The lowest BCUT2D eigenvalue weighted by Gasteiger charge is -2.41. The van der Waals surface area contributed by atoms with Crippen molar-refractivity contribution in [3.8, 4) is 0 Å². The number of rotatable bonds is 8. The molecule has 0 fully saturated rings. The maximum atomic E-state index is 12.7. The molecule has 0 unspecified atom stereocenters. The molecular formula is C18H40O5SSi. The van der Waals surface area contributed by atoms with Crippen LogP contribution in [-0.2, 0) is 14.3 Å². The van der Waals surface area contributed by atoms with Crippen LogP contribution in [0, 0.1) is 5.92 Å². The van der Waals surface area contributed by atoms with Crippen molar-refractivity contribution in [2.24, 2.45) is 5.92 Å². The summed E-state index contributed by atoms with van der Waals surface area (Å²) in [6, 6.07) is 0. The third kappa shape index (κ3) is 7.29. The van der Waals surface area contributed by atoms with Crippen LogP contribution in [0.3, 0.4) is 0 Å². The second-order valence-electron chi connectivity index (χ2n) is 10.00. The van der Waals surface area contributed by atoms with E-state index in [1.165, 1.54) is 0 Å². The van der Waals surface area contributed by atoms with Crippen LogP contribution in [0.25, 0.3) is 0 Å². The molecule has 0 saturated heterocycles. The average Bonchev–Trinajstić information content (AvgIpc) is 2.32. The fourth-order valence-electron chi connectivity index (χ4n) is 2.09. The van der Waals surface area contributed by atoms with Crippen LogP contribution in [0.2, 0.25) is 18.1 Å².